The Morgan fingerprint density at radius 3 is 2.20 bits per heavy atom. The van der Waals surface area contributed by atoms with Crippen molar-refractivity contribution >= 4 is 22.6 Å². The molecule has 2 aromatic carbocycles. The maximum Gasteiger partial charge on any atom is 0.253 e. The zero-order chi connectivity index (χ0) is 28.7. The number of aromatic amines is 1. The Morgan fingerprint density at radius 1 is 0.902 bits per heavy atom. The van der Waals surface area contributed by atoms with Crippen LogP contribution >= 0.6 is 0 Å². The van der Waals surface area contributed by atoms with E-state index in [-0.39, 0.29) is 11.5 Å². The Kier molecular flexibility index (Phi) is 7.30. The lowest BCUT2D eigenvalue weighted by Crippen LogP contribution is -2.46. The Labute approximate surface area is 242 Å². The molecular weight excluding hydrogens is 512 g/mol. The number of carbonyl (C=O) groups excluding carboxylic acids is 1. The summed E-state index contributed by atoms with van der Waals surface area (Å²) in [6.45, 7) is 12.2. The quantitative estimate of drug-likeness (QED) is 0.362. The van der Waals surface area contributed by atoms with Gasteiger partial charge in [0.1, 0.15) is 0 Å². The van der Waals surface area contributed by atoms with E-state index in [9.17, 15) is 4.79 Å². The van der Waals surface area contributed by atoms with E-state index in [4.69, 9.17) is 4.74 Å². The number of benzene rings is 2. The lowest BCUT2D eigenvalue weighted by atomic mass is 9.93. The minimum absolute atomic E-state index is 0.0764. The molecule has 0 aliphatic carbocycles. The fraction of sp³-hybridized carbons (Fsp3) is 0.424. The Morgan fingerprint density at radius 2 is 1.56 bits per heavy atom. The van der Waals surface area contributed by atoms with Gasteiger partial charge in [0.15, 0.2) is 5.65 Å². The molecule has 0 saturated carbocycles. The first-order valence-corrected chi connectivity index (χ1v) is 14.6. The van der Waals surface area contributed by atoms with E-state index >= 15 is 0 Å². The number of likely N-dealkylation sites (tertiary alicyclic amines) is 1. The molecule has 0 unspecified atom stereocenters. The van der Waals surface area contributed by atoms with Gasteiger partial charge in [-0.25, -0.2) is 0 Å². The normalized spacial score (nSPS) is 17.8. The van der Waals surface area contributed by atoms with Gasteiger partial charge in [-0.2, -0.15) is 0 Å². The van der Waals surface area contributed by atoms with Crippen molar-refractivity contribution in [2.24, 2.45) is 0 Å². The van der Waals surface area contributed by atoms with Crippen molar-refractivity contribution in [3.05, 3.63) is 65.4 Å². The standard InChI is InChI=1S/C33H40N6O2/c1-22-18-26(19-23(2)30(22)38-16-14-37(4)15-17-38)29-20-27-28(21-34-31(27)36-35-29)24-6-8-25(9-7-24)32(40)39-12-10-33(3,41-5)11-13-39/h6-9,18-21H,10-17H2,1-5H3,(H,34,36). The predicted molar refractivity (Wildman–Crippen MR) is 164 cm³/mol. The number of hydrogen-bond donors (Lipinski definition) is 1. The van der Waals surface area contributed by atoms with Gasteiger partial charge in [-0.1, -0.05) is 12.1 Å². The zero-order valence-electron chi connectivity index (χ0n) is 24.8. The molecule has 2 fully saturated rings. The fourth-order valence-corrected chi connectivity index (χ4v) is 6.30. The molecule has 1 amide bonds. The number of nitrogens with one attached hydrogen (secondary N) is 1. The molecule has 2 aromatic heterocycles. The summed E-state index contributed by atoms with van der Waals surface area (Å²) in [5.74, 6) is 0.0764. The smallest absolute Gasteiger partial charge is 0.253 e. The summed E-state index contributed by atoms with van der Waals surface area (Å²) in [4.78, 5) is 23.3. The molecule has 214 valence electrons. The minimum atomic E-state index is -0.137. The van der Waals surface area contributed by atoms with E-state index < -0.39 is 0 Å². The summed E-state index contributed by atoms with van der Waals surface area (Å²) in [5, 5.41) is 10.1. The van der Waals surface area contributed by atoms with Gasteiger partial charge in [-0.05, 0) is 87.7 Å². The second kappa shape index (κ2) is 10.9. The third-order valence-corrected chi connectivity index (χ3v) is 9.09. The van der Waals surface area contributed by atoms with Crippen LogP contribution in [-0.2, 0) is 4.74 Å². The number of methoxy groups -OCH3 is 1. The van der Waals surface area contributed by atoms with E-state index in [0.717, 1.165) is 72.4 Å². The molecule has 1 N–H and O–H groups in total. The average molecular weight is 553 g/mol. The average Bonchev–Trinajstić information content (AvgIpc) is 3.41. The maximum absolute atomic E-state index is 13.2. The number of H-pyrrole nitrogens is 1. The maximum atomic E-state index is 13.2. The summed E-state index contributed by atoms with van der Waals surface area (Å²) >= 11 is 0. The van der Waals surface area contributed by atoms with Crippen LogP contribution in [0.2, 0.25) is 0 Å². The second-order valence-electron chi connectivity index (χ2n) is 12.0. The summed E-state index contributed by atoms with van der Waals surface area (Å²) < 4.78 is 5.63. The van der Waals surface area contributed by atoms with E-state index in [2.05, 4.69) is 71.0 Å². The molecule has 2 aliphatic heterocycles. The number of hydrogen-bond acceptors (Lipinski definition) is 6. The molecule has 0 spiro atoms. The van der Waals surface area contributed by atoms with Gasteiger partial charge in [0, 0.05) is 80.3 Å². The highest BCUT2D eigenvalue weighted by atomic mass is 16.5. The summed E-state index contributed by atoms with van der Waals surface area (Å²) in [6.07, 6.45) is 3.68. The highest BCUT2D eigenvalue weighted by Gasteiger charge is 2.32. The molecule has 0 bridgehead atoms. The number of amides is 1. The van der Waals surface area contributed by atoms with Crippen LogP contribution in [-0.4, -0.2) is 89.9 Å². The number of aryl methyl sites for hydroxylation is 2. The van der Waals surface area contributed by atoms with E-state index in [1.165, 1.54) is 16.8 Å². The molecule has 6 rings (SSSR count). The van der Waals surface area contributed by atoms with Crippen molar-refractivity contribution < 1.29 is 9.53 Å². The van der Waals surface area contributed by atoms with Gasteiger partial charge in [-0.15, -0.1) is 10.2 Å². The van der Waals surface area contributed by atoms with Crippen molar-refractivity contribution in [3.8, 4) is 22.4 Å². The van der Waals surface area contributed by atoms with Gasteiger partial charge in [-0.3, -0.25) is 4.79 Å². The van der Waals surface area contributed by atoms with Crippen LogP contribution in [0, 0.1) is 13.8 Å². The molecular formula is C33H40N6O2. The highest BCUT2D eigenvalue weighted by Crippen LogP contribution is 2.34. The first kappa shape index (κ1) is 27.4. The van der Waals surface area contributed by atoms with Gasteiger partial charge in [0.2, 0.25) is 0 Å². The largest absolute Gasteiger partial charge is 0.378 e. The number of rotatable bonds is 5. The molecule has 0 radical (unpaired) electrons. The number of aromatic nitrogens is 3. The molecule has 2 aliphatic rings. The zero-order valence-corrected chi connectivity index (χ0v) is 24.8. The SMILES string of the molecule is COC1(C)CCN(C(=O)c2ccc(-c3c[nH]c4nnc(-c5cc(C)c(N6CCN(C)CC6)c(C)c5)cc34)cc2)CC1. The number of fused-ring (bicyclic) bond motifs is 1. The Balaban J connectivity index is 1.24. The van der Waals surface area contributed by atoms with Gasteiger partial charge in [0.25, 0.3) is 5.91 Å². The van der Waals surface area contributed by atoms with E-state index in [1.54, 1.807) is 7.11 Å². The van der Waals surface area contributed by atoms with Gasteiger partial charge >= 0.3 is 0 Å². The highest BCUT2D eigenvalue weighted by molar-refractivity contribution is 5.97. The number of piperazine rings is 1. The minimum Gasteiger partial charge on any atom is -0.378 e. The number of ether oxygens (including phenoxy) is 1. The molecule has 2 saturated heterocycles. The van der Waals surface area contributed by atoms with Gasteiger partial charge in [0.05, 0.1) is 11.3 Å². The predicted octanol–water partition coefficient (Wildman–Crippen LogP) is 5.30. The van der Waals surface area contributed by atoms with Crippen LogP contribution < -0.4 is 4.90 Å². The number of likely N-dealkylation sites (N-methyl/N-ethyl adjacent to an activating group) is 1. The van der Waals surface area contributed by atoms with Crippen molar-refractivity contribution in [2.75, 3.05) is 58.3 Å². The van der Waals surface area contributed by atoms with E-state index in [1.807, 2.05) is 35.4 Å². The van der Waals surface area contributed by atoms with Crippen molar-refractivity contribution in [2.45, 2.75) is 39.2 Å². The number of nitrogens with zero attached hydrogens (tertiary/aromatic N) is 5. The summed E-state index contributed by atoms with van der Waals surface area (Å²) in [6, 6.07) is 14.5. The van der Waals surface area contributed by atoms with Crippen LogP contribution in [0.5, 0.6) is 0 Å². The molecule has 4 heterocycles. The number of piperidine rings is 1. The topological polar surface area (TPSA) is 77.6 Å². The third kappa shape index (κ3) is 5.34. The van der Waals surface area contributed by atoms with Crippen molar-refractivity contribution in [3.63, 3.8) is 0 Å². The summed E-state index contributed by atoms with van der Waals surface area (Å²) in [5.41, 5.74) is 9.21. The molecule has 0 atom stereocenters. The van der Waals surface area contributed by atoms with Gasteiger partial charge < -0.3 is 24.4 Å². The molecule has 8 heteroatoms. The van der Waals surface area contributed by atoms with Crippen LogP contribution in [0.3, 0.4) is 0 Å². The van der Waals surface area contributed by atoms with Crippen LogP contribution in [0.25, 0.3) is 33.4 Å². The molecule has 41 heavy (non-hydrogen) atoms. The number of carbonyl (C=O) groups is 1. The lowest BCUT2D eigenvalue weighted by Gasteiger charge is -2.38. The Hall–Kier alpha value is -3.75. The first-order valence-electron chi connectivity index (χ1n) is 14.6. The first-order chi connectivity index (χ1) is 19.7. The van der Waals surface area contributed by atoms with E-state index in [0.29, 0.717) is 18.7 Å². The fourth-order valence-electron chi connectivity index (χ4n) is 6.30. The van der Waals surface area contributed by atoms with Crippen LogP contribution in [0.4, 0.5) is 5.69 Å². The van der Waals surface area contributed by atoms with Crippen LogP contribution in [0.15, 0.2) is 48.7 Å². The van der Waals surface area contributed by atoms with Crippen molar-refractivity contribution in [1.82, 2.24) is 25.0 Å². The van der Waals surface area contributed by atoms with Crippen LogP contribution in [0.1, 0.15) is 41.3 Å². The Bertz CT molecular complexity index is 1540. The second-order valence-corrected chi connectivity index (χ2v) is 12.0. The third-order valence-electron chi connectivity index (χ3n) is 9.09. The number of anilines is 1. The molecule has 8 nitrogen and oxygen atoms in total. The monoisotopic (exact) mass is 552 g/mol. The molecule has 4 aromatic rings. The summed E-state index contributed by atoms with van der Waals surface area (Å²) in [7, 11) is 3.94. The lowest BCUT2D eigenvalue weighted by molar-refractivity contribution is -0.0379. The van der Waals surface area contributed by atoms with Crippen molar-refractivity contribution in [1.29, 1.82) is 0 Å².